The van der Waals surface area contributed by atoms with E-state index in [1.807, 2.05) is 0 Å². The number of rotatable bonds is 4. The first-order valence-electron chi connectivity index (χ1n) is 9.49. The highest BCUT2D eigenvalue weighted by Crippen LogP contribution is 2.53. The van der Waals surface area contributed by atoms with E-state index in [0.717, 1.165) is 4.90 Å². The van der Waals surface area contributed by atoms with Crippen molar-refractivity contribution in [1.82, 2.24) is 10.2 Å². The molecule has 4 atom stereocenters. The van der Waals surface area contributed by atoms with Crippen molar-refractivity contribution in [2.45, 2.75) is 18.5 Å². The fourth-order valence-corrected chi connectivity index (χ4v) is 4.56. The molecule has 6 nitrogen and oxygen atoms in total. The molecule has 0 bridgehead atoms. The van der Waals surface area contributed by atoms with Gasteiger partial charge in [-0.3, -0.25) is 19.8 Å². The Bertz CT molecular complexity index is 980. The summed E-state index contributed by atoms with van der Waals surface area (Å²) in [5.74, 6) is -4.05. The van der Waals surface area contributed by atoms with Gasteiger partial charge < -0.3 is 4.74 Å². The summed E-state index contributed by atoms with van der Waals surface area (Å²) >= 11 is 0. The number of carbonyl (C=O) groups excluding carboxylic acids is 3. The van der Waals surface area contributed by atoms with Crippen LogP contribution in [0.2, 0.25) is 0 Å². The smallest absolute Gasteiger partial charge is 0.331 e. The second kappa shape index (κ2) is 7.08. The molecule has 4 rings (SSSR count). The lowest BCUT2D eigenvalue weighted by atomic mass is 9.75. The first kappa shape index (κ1) is 19.3. The van der Waals surface area contributed by atoms with Gasteiger partial charge in [-0.1, -0.05) is 48.5 Å². The van der Waals surface area contributed by atoms with Crippen molar-refractivity contribution >= 4 is 17.8 Å². The zero-order valence-corrected chi connectivity index (χ0v) is 16.1. The minimum atomic E-state index is -1.59. The number of amides is 2. The zero-order chi connectivity index (χ0) is 20.8. The van der Waals surface area contributed by atoms with Crippen molar-refractivity contribution in [3.05, 3.63) is 71.5 Å². The van der Waals surface area contributed by atoms with Gasteiger partial charge in [0.15, 0.2) is 5.54 Å². The second-order valence-electron chi connectivity index (χ2n) is 7.28. The van der Waals surface area contributed by atoms with Crippen molar-refractivity contribution in [2.24, 2.45) is 11.8 Å². The number of ether oxygens (including phenoxy) is 1. The Morgan fingerprint density at radius 2 is 1.76 bits per heavy atom. The van der Waals surface area contributed by atoms with E-state index in [2.05, 4.69) is 5.32 Å². The van der Waals surface area contributed by atoms with Gasteiger partial charge in [0.25, 0.3) is 0 Å². The lowest BCUT2D eigenvalue weighted by Crippen LogP contribution is -2.53. The second-order valence-corrected chi connectivity index (χ2v) is 7.28. The van der Waals surface area contributed by atoms with Crippen LogP contribution in [0.25, 0.3) is 0 Å². The first-order chi connectivity index (χ1) is 13.9. The van der Waals surface area contributed by atoms with Gasteiger partial charge in [0.2, 0.25) is 11.8 Å². The third-order valence-electron chi connectivity index (χ3n) is 5.85. The molecule has 1 N–H and O–H groups in total. The number of nitrogens with one attached hydrogen (secondary N) is 1. The van der Waals surface area contributed by atoms with Crippen molar-refractivity contribution in [2.75, 3.05) is 13.7 Å². The fraction of sp³-hybridized carbons (Fsp3) is 0.318. The number of hydrogen-bond donors (Lipinski definition) is 1. The average molecular weight is 396 g/mol. The molecule has 2 aliphatic rings. The van der Waals surface area contributed by atoms with E-state index < -0.39 is 47.0 Å². The third kappa shape index (κ3) is 2.68. The molecule has 2 amide bonds. The van der Waals surface area contributed by atoms with Crippen molar-refractivity contribution in [1.29, 1.82) is 0 Å². The molecule has 0 saturated carbocycles. The molecule has 2 aromatic carbocycles. The summed E-state index contributed by atoms with van der Waals surface area (Å²) < 4.78 is 20.0. The molecule has 2 aliphatic heterocycles. The minimum absolute atomic E-state index is 0.106. The molecular formula is C22H21FN2O4. The van der Waals surface area contributed by atoms with Crippen LogP contribution in [0.4, 0.5) is 4.39 Å². The molecule has 2 aromatic rings. The van der Waals surface area contributed by atoms with Crippen LogP contribution in [0.3, 0.4) is 0 Å². The lowest BCUT2D eigenvalue weighted by Gasteiger charge is -2.33. The number of carbonyl (C=O) groups is 3. The minimum Gasteiger partial charge on any atom is -0.464 e. The SMILES string of the molecule is CCOC(=O)[C@]1(c2ccccc2)N[C@H](c2ccccc2F)[C@H]2C(=O)N(C)C(=O)[C@@H]21. The van der Waals surface area contributed by atoms with E-state index in [1.165, 1.54) is 13.1 Å². The Morgan fingerprint density at radius 3 is 2.41 bits per heavy atom. The van der Waals surface area contributed by atoms with Crippen LogP contribution < -0.4 is 5.32 Å². The summed E-state index contributed by atoms with van der Waals surface area (Å²) in [6.45, 7) is 1.78. The molecule has 2 fully saturated rings. The molecule has 0 aromatic heterocycles. The van der Waals surface area contributed by atoms with Crippen LogP contribution in [-0.2, 0) is 24.7 Å². The van der Waals surface area contributed by atoms with E-state index in [4.69, 9.17) is 4.74 Å². The average Bonchev–Trinajstić information content (AvgIpc) is 3.20. The lowest BCUT2D eigenvalue weighted by molar-refractivity contribution is -0.156. The topological polar surface area (TPSA) is 75.7 Å². The van der Waals surface area contributed by atoms with Gasteiger partial charge in [-0.25, -0.2) is 9.18 Å². The number of benzene rings is 2. The number of fused-ring (bicyclic) bond motifs is 1. The number of esters is 1. The van der Waals surface area contributed by atoms with Gasteiger partial charge >= 0.3 is 5.97 Å². The van der Waals surface area contributed by atoms with Gasteiger partial charge in [0, 0.05) is 18.7 Å². The van der Waals surface area contributed by atoms with E-state index in [9.17, 15) is 18.8 Å². The maximum atomic E-state index is 14.7. The maximum absolute atomic E-state index is 14.7. The molecule has 2 saturated heterocycles. The van der Waals surface area contributed by atoms with Crippen LogP contribution in [0.15, 0.2) is 54.6 Å². The van der Waals surface area contributed by atoms with E-state index in [1.54, 1.807) is 55.5 Å². The molecular weight excluding hydrogens is 375 g/mol. The van der Waals surface area contributed by atoms with Gasteiger partial charge in [-0.15, -0.1) is 0 Å². The van der Waals surface area contributed by atoms with Gasteiger partial charge in [0.1, 0.15) is 5.82 Å². The zero-order valence-electron chi connectivity index (χ0n) is 16.1. The summed E-state index contributed by atoms with van der Waals surface area (Å²) in [7, 11) is 1.39. The van der Waals surface area contributed by atoms with Crippen molar-refractivity contribution in [3.8, 4) is 0 Å². The van der Waals surface area contributed by atoms with Gasteiger partial charge in [-0.2, -0.15) is 0 Å². The molecule has 2 heterocycles. The standard InChI is InChI=1S/C22H21FN2O4/c1-3-29-21(28)22(13-9-5-4-6-10-13)17-16(19(26)25(2)20(17)27)18(24-22)14-11-7-8-12-15(14)23/h4-12,16-18,24H,3H2,1-2H3/t16-,17+,18+,22+/m0/s1. The molecule has 0 unspecified atom stereocenters. The summed E-state index contributed by atoms with van der Waals surface area (Å²) in [6, 6.07) is 13.9. The molecule has 7 heteroatoms. The van der Waals surface area contributed by atoms with E-state index >= 15 is 0 Å². The largest absolute Gasteiger partial charge is 0.464 e. The summed E-state index contributed by atoms with van der Waals surface area (Å²) in [4.78, 5) is 40.4. The Kier molecular flexibility index (Phi) is 4.70. The Labute approximate surface area is 167 Å². The Hall–Kier alpha value is -3.06. The van der Waals surface area contributed by atoms with E-state index in [0.29, 0.717) is 5.56 Å². The van der Waals surface area contributed by atoms with Gasteiger partial charge in [-0.05, 0) is 18.6 Å². The highest BCUT2D eigenvalue weighted by molar-refractivity contribution is 6.09. The summed E-state index contributed by atoms with van der Waals surface area (Å²) in [5, 5.41) is 3.16. The quantitative estimate of drug-likeness (QED) is 0.633. The number of halogens is 1. The predicted molar refractivity (Wildman–Crippen MR) is 102 cm³/mol. The maximum Gasteiger partial charge on any atom is 0.331 e. The van der Waals surface area contributed by atoms with E-state index in [-0.39, 0.29) is 12.2 Å². The Balaban J connectivity index is 1.96. The van der Waals surface area contributed by atoms with Crippen LogP contribution in [0, 0.1) is 17.7 Å². The molecule has 29 heavy (non-hydrogen) atoms. The van der Waals surface area contributed by atoms with Gasteiger partial charge in [0.05, 0.1) is 18.4 Å². The Morgan fingerprint density at radius 1 is 1.10 bits per heavy atom. The normalized spacial score (nSPS) is 28.5. The first-order valence-corrected chi connectivity index (χ1v) is 9.49. The third-order valence-corrected chi connectivity index (χ3v) is 5.85. The number of imide groups is 1. The predicted octanol–water partition coefficient (Wildman–Crippen LogP) is 2.16. The molecule has 0 radical (unpaired) electrons. The number of hydrogen-bond acceptors (Lipinski definition) is 5. The van der Waals surface area contributed by atoms with Crippen molar-refractivity contribution in [3.63, 3.8) is 0 Å². The summed E-state index contributed by atoms with van der Waals surface area (Å²) in [5.41, 5.74) is -0.850. The molecule has 150 valence electrons. The van der Waals surface area contributed by atoms with Crippen LogP contribution in [-0.4, -0.2) is 36.3 Å². The number of likely N-dealkylation sites (tertiary alicyclic amines) is 1. The van der Waals surface area contributed by atoms with Crippen LogP contribution in [0.1, 0.15) is 24.1 Å². The van der Waals surface area contributed by atoms with Crippen LogP contribution >= 0.6 is 0 Å². The molecule has 0 spiro atoms. The monoisotopic (exact) mass is 396 g/mol. The molecule has 0 aliphatic carbocycles. The highest BCUT2D eigenvalue weighted by atomic mass is 19.1. The van der Waals surface area contributed by atoms with Crippen molar-refractivity contribution < 1.29 is 23.5 Å². The highest BCUT2D eigenvalue weighted by Gasteiger charge is 2.69. The summed E-state index contributed by atoms with van der Waals surface area (Å²) in [6.07, 6.45) is 0. The van der Waals surface area contributed by atoms with Crippen LogP contribution in [0.5, 0.6) is 0 Å². The number of nitrogens with zero attached hydrogens (tertiary/aromatic N) is 1. The fourth-order valence-electron chi connectivity index (χ4n) is 4.56.